The van der Waals surface area contributed by atoms with Crippen LogP contribution in [-0.2, 0) is 0 Å². The predicted molar refractivity (Wildman–Crippen MR) is 59.6 cm³/mol. The Morgan fingerprint density at radius 3 is 2.87 bits per heavy atom. The van der Waals surface area contributed by atoms with Crippen LogP contribution in [0.1, 0.15) is 26.7 Å². The van der Waals surface area contributed by atoms with Gasteiger partial charge < -0.3 is 4.90 Å². The number of rotatable bonds is 2. The van der Waals surface area contributed by atoms with Gasteiger partial charge in [-0.3, -0.25) is 4.98 Å². The highest BCUT2D eigenvalue weighted by Gasteiger charge is 2.53. The van der Waals surface area contributed by atoms with Crippen molar-refractivity contribution in [3.63, 3.8) is 0 Å². The number of aromatic nitrogens is 2. The van der Waals surface area contributed by atoms with Gasteiger partial charge in [0.2, 0.25) is 0 Å². The molecule has 1 aromatic rings. The van der Waals surface area contributed by atoms with Crippen molar-refractivity contribution in [2.45, 2.75) is 38.8 Å². The van der Waals surface area contributed by atoms with Gasteiger partial charge in [0.15, 0.2) is 0 Å². The minimum atomic E-state index is 0.672. The zero-order valence-corrected chi connectivity index (χ0v) is 9.30. The second-order valence-corrected chi connectivity index (χ2v) is 5.08. The minimum absolute atomic E-state index is 0.672. The van der Waals surface area contributed by atoms with Gasteiger partial charge in [0, 0.05) is 24.5 Å². The molecule has 3 nitrogen and oxygen atoms in total. The monoisotopic (exact) mass is 203 g/mol. The maximum absolute atomic E-state index is 4.43. The van der Waals surface area contributed by atoms with Crippen molar-refractivity contribution in [1.82, 2.24) is 9.97 Å². The van der Waals surface area contributed by atoms with Crippen molar-refractivity contribution in [2.75, 3.05) is 4.90 Å². The third-order valence-corrected chi connectivity index (χ3v) is 3.73. The molecule has 2 heterocycles. The molecule has 1 saturated heterocycles. The van der Waals surface area contributed by atoms with E-state index in [-0.39, 0.29) is 0 Å². The van der Waals surface area contributed by atoms with Crippen molar-refractivity contribution in [1.29, 1.82) is 0 Å². The third kappa shape index (κ3) is 1.41. The molecule has 2 aliphatic rings. The predicted octanol–water partition coefficient (Wildman–Crippen LogP) is 2.10. The Labute approximate surface area is 90.5 Å². The molecular formula is C12H17N3. The summed E-state index contributed by atoms with van der Waals surface area (Å²) in [5, 5.41) is 0. The van der Waals surface area contributed by atoms with E-state index in [1.807, 2.05) is 6.20 Å². The van der Waals surface area contributed by atoms with Gasteiger partial charge in [-0.05, 0) is 24.7 Å². The normalized spacial score (nSPS) is 33.3. The Bertz CT molecular complexity index is 349. The maximum Gasteiger partial charge on any atom is 0.147 e. The first-order valence-electron chi connectivity index (χ1n) is 5.81. The Morgan fingerprint density at radius 1 is 1.33 bits per heavy atom. The summed E-state index contributed by atoms with van der Waals surface area (Å²) in [6, 6.07) is 1.43. The van der Waals surface area contributed by atoms with E-state index in [1.54, 1.807) is 12.4 Å². The van der Waals surface area contributed by atoms with E-state index in [9.17, 15) is 0 Å². The van der Waals surface area contributed by atoms with Crippen LogP contribution in [0.15, 0.2) is 18.6 Å². The second kappa shape index (κ2) is 3.19. The topological polar surface area (TPSA) is 29.0 Å². The smallest absolute Gasteiger partial charge is 0.147 e. The van der Waals surface area contributed by atoms with E-state index >= 15 is 0 Å². The number of piperidine rings is 1. The number of hydrogen-bond acceptors (Lipinski definition) is 3. The number of fused-ring (bicyclic) bond motifs is 1. The second-order valence-electron chi connectivity index (χ2n) is 5.08. The first-order chi connectivity index (χ1) is 7.27. The van der Waals surface area contributed by atoms with Gasteiger partial charge >= 0.3 is 0 Å². The fourth-order valence-electron chi connectivity index (χ4n) is 2.85. The fraction of sp³-hybridized carbons (Fsp3) is 0.667. The maximum atomic E-state index is 4.43. The lowest BCUT2D eigenvalue weighted by molar-refractivity contribution is 0.455. The SMILES string of the molecule is CC(C)C1CC2CC2N1c1cnccn1. The van der Waals surface area contributed by atoms with E-state index in [2.05, 4.69) is 28.7 Å². The molecule has 3 unspecified atom stereocenters. The van der Waals surface area contributed by atoms with Crippen molar-refractivity contribution in [3.05, 3.63) is 18.6 Å². The highest BCUT2D eigenvalue weighted by molar-refractivity contribution is 5.44. The van der Waals surface area contributed by atoms with Gasteiger partial charge in [-0.25, -0.2) is 4.98 Å². The quantitative estimate of drug-likeness (QED) is 0.737. The summed E-state index contributed by atoms with van der Waals surface area (Å²) in [7, 11) is 0. The van der Waals surface area contributed by atoms with Crippen LogP contribution in [0.2, 0.25) is 0 Å². The lowest BCUT2D eigenvalue weighted by atomic mass is 10.00. The molecule has 80 valence electrons. The van der Waals surface area contributed by atoms with Crippen molar-refractivity contribution >= 4 is 5.82 Å². The lowest BCUT2D eigenvalue weighted by Crippen LogP contribution is -2.37. The first-order valence-corrected chi connectivity index (χ1v) is 5.81. The van der Waals surface area contributed by atoms with Crippen LogP contribution in [0.3, 0.4) is 0 Å². The highest BCUT2D eigenvalue weighted by Crippen LogP contribution is 2.50. The largest absolute Gasteiger partial charge is 0.349 e. The molecule has 0 N–H and O–H groups in total. The molecule has 1 aromatic heterocycles. The molecule has 3 rings (SSSR count). The molecule has 1 aliphatic heterocycles. The number of anilines is 1. The Hall–Kier alpha value is -1.12. The summed E-state index contributed by atoms with van der Waals surface area (Å²) in [4.78, 5) is 11.1. The molecule has 1 aliphatic carbocycles. The van der Waals surface area contributed by atoms with Gasteiger partial charge in [-0.2, -0.15) is 0 Å². The van der Waals surface area contributed by atoms with Gasteiger partial charge in [0.1, 0.15) is 5.82 Å². The fourth-order valence-corrected chi connectivity index (χ4v) is 2.85. The summed E-state index contributed by atoms with van der Waals surface area (Å²) in [5.74, 6) is 2.71. The van der Waals surface area contributed by atoms with Gasteiger partial charge in [-0.15, -0.1) is 0 Å². The average Bonchev–Trinajstić information content (AvgIpc) is 2.91. The van der Waals surface area contributed by atoms with E-state index in [4.69, 9.17) is 0 Å². The van der Waals surface area contributed by atoms with Gasteiger partial charge in [0.05, 0.1) is 6.20 Å². The van der Waals surface area contributed by atoms with Gasteiger partial charge in [-0.1, -0.05) is 13.8 Å². The summed E-state index contributed by atoms with van der Waals surface area (Å²) in [6.07, 6.45) is 8.14. The molecule has 0 amide bonds. The van der Waals surface area contributed by atoms with Crippen LogP contribution in [-0.4, -0.2) is 22.1 Å². The molecule has 15 heavy (non-hydrogen) atoms. The standard InChI is InChI=1S/C12H17N3/c1-8(2)10-5-9-6-11(9)15(10)12-7-13-3-4-14-12/h3-4,7-11H,5-6H2,1-2H3. The zero-order chi connectivity index (χ0) is 10.4. The summed E-state index contributed by atoms with van der Waals surface area (Å²) >= 11 is 0. The van der Waals surface area contributed by atoms with Crippen LogP contribution in [0.5, 0.6) is 0 Å². The van der Waals surface area contributed by atoms with Crippen LogP contribution in [0.25, 0.3) is 0 Å². The van der Waals surface area contributed by atoms with Crippen molar-refractivity contribution in [3.8, 4) is 0 Å². The van der Waals surface area contributed by atoms with Crippen molar-refractivity contribution in [2.24, 2.45) is 11.8 Å². The first kappa shape index (κ1) is 9.13. The molecule has 0 spiro atoms. The molecule has 0 bridgehead atoms. The summed E-state index contributed by atoms with van der Waals surface area (Å²) in [5.41, 5.74) is 0. The van der Waals surface area contributed by atoms with E-state index in [0.29, 0.717) is 12.0 Å². The minimum Gasteiger partial charge on any atom is -0.349 e. The van der Waals surface area contributed by atoms with E-state index in [1.165, 1.54) is 12.8 Å². The lowest BCUT2D eigenvalue weighted by Gasteiger charge is -2.31. The molecule has 3 atom stereocenters. The number of nitrogens with zero attached hydrogens (tertiary/aromatic N) is 3. The number of hydrogen-bond donors (Lipinski definition) is 0. The van der Waals surface area contributed by atoms with Crippen LogP contribution in [0.4, 0.5) is 5.82 Å². The zero-order valence-electron chi connectivity index (χ0n) is 9.30. The highest BCUT2D eigenvalue weighted by atomic mass is 15.3. The van der Waals surface area contributed by atoms with Gasteiger partial charge in [0.25, 0.3) is 0 Å². The third-order valence-electron chi connectivity index (χ3n) is 3.73. The molecule has 3 heteroatoms. The Kier molecular flexibility index (Phi) is 1.94. The molecule has 0 aromatic carbocycles. The molecule has 1 saturated carbocycles. The molecular weight excluding hydrogens is 186 g/mol. The van der Waals surface area contributed by atoms with E-state index < -0.39 is 0 Å². The van der Waals surface area contributed by atoms with Crippen LogP contribution >= 0.6 is 0 Å². The van der Waals surface area contributed by atoms with E-state index in [0.717, 1.165) is 17.8 Å². The average molecular weight is 203 g/mol. The van der Waals surface area contributed by atoms with Crippen LogP contribution < -0.4 is 4.90 Å². The Balaban J connectivity index is 1.90. The van der Waals surface area contributed by atoms with Crippen LogP contribution in [0, 0.1) is 11.8 Å². The molecule has 2 fully saturated rings. The van der Waals surface area contributed by atoms with Crippen molar-refractivity contribution < 1.29 is 0 Å². The Morgan fingerprint density at radius 2 is 2.20 bits per heavy atom. The molecule has 0 radical (unpaired) electrons. The summed E-state index contributed by atoms with van der Waals surface area (Å²) in [6.45, 7) is 4.61. The summed E-state index contributed by atoms with van der Waals surface area (Å²) < 4.78 is 0.